The summed E-state index contributed by atoms with van der Waals surface area (Å²) < 4.78 is 10.1. The molecule has 0 amide bonds. The Balaban J connectivity index is 1.45. The van der Waals surface area contributed by atoms with Crippen molar-refractivity contribution < 1.29 is 4.74 Å². The maximum Gasteiger partial charge on any atom is 0.0966 e. The van der Waals surface area contributed by atoms with Crippen LogP contribution in [0.3, 0.4) is 0 Å². The number of hydrogen-bond donors (Lipinski definition) is 2. The number of fused-ring (bicyclic) bond motifs is 2. The molecule has 1 saturated heterocycles. The molecular formula is C26H27N7O. The van der Waals surface area contributed by atoms with Crippen LogP contribution in [0, 0.1) is 0 Å². The molecule has 2 atom stereocenters. The van der Waals surface area contributed by atoms with Gasteiger partial charge in [0.2, 0.25) is 0 Å². The van der Waals surface area contributed by atoms with Crippen molar-refractivity contribution in [1.82, 2.24) is 29.6 Å². The number of hydrogen-bond acceptors (Lipinski definition) is 6. The van der Waals surface area contributed by atoms with Gasteiger partial charge in [-0.3, -0.25) is 14.6 Å². The Kier molecular flexibility index (Phi) is 5.24. The van der Waals surface area contributed by atoms with E-state index in [1.165, 1.54) is 10.9 Å². The van der Waals surface area contributed by atoms with Gasteiger partial charge in [0.25, 0.3) is 0 Å². The van der Waals surface area contributed by atoms with Gasteiger partial charge in [-0.15, -0.1) is 0 Å². The number of aryl methyl sites for hydroxylation is 2. The molecule has 2 aromatic carbocycles. The van der Waals surface area contributed by atoms with Crippen molar-refractivity contribution in [1.29, 1.82) is 0 Å². The van der Waals surface area contributed by atoms with Gasteiger partial charge in [-0.1, -0.05) is 12.1 Å². The maximum atomic E-state index is 6.14. The summed E-state index contributed by atoms with van der Waals surface area (Å²) in [5, 5.41) is 12.8. The summed E-state index contributed by atoms with van der Waals surface area (Å²) in [5.41, 5.74) is 7.13. The van der Waals surface area contributed by atoms with E-state index in [1.807, 2.05) is 24.1 Å². The van der Waals surface area contributed by atoms with Crippen molar-refractivity contribution >= 4 is 27.6 Å². The van der Waals surface area contributed by atoms with Crippen molar-refractivity contribution in [2.24, 2.45) is 14.1 Å². The minimum absolute atomic E-state index is 0.0151. The van der Waals surface area contributed by atoms with Crippen LogP contribution < -0.4 is 10.6 Å². The lowest BCUT2D eigenvalue weighted by Crippen LogP contribution is -2.43. The van der Waals surface area contributed by atoms with Crippen molar-refractivity contribution in [3.63, 3.8) is 0 Å². The Bertz CT molecular complexity index is 1460. The second kappa shape index (κ2) is 8.55. The zero-order chi connectivity index (χ0) is 23.1. The van der Waals surface area contributed by atoms with E-state index in [-0.39, 0.29) is 12.1 Å². The van der Waals surface area contributed by atoms with Gasteiger partial charge >= 0.3 is 0 Å². The lowest BCUT2D eigenvalue weighted by atomic mass is 9.99. The molecule has 0 saturated carbocycles. The minimum Gasteiger partial charge on any atom is -0.375 e. The second-order valence-electron chi connectivity index (χ2n) is 8.83. The van der Waals surface area contributed by atoms with E-state index in [0.29, 0.717) is 6.61 Å². The predicted octanol–water partition coefficient (Wildman–Crippen LogP) is 3.66. The lowest BCUT2D eigenvalue weighted by molar-refractivity contribution is 0.0164. The van der Waals surface area contributed by atoms with Crippen molar-refractivity contribution in [2.45, 2.75) is 12.1 Å². The van der Waals surface area contributed by atoms with E-state index in [2.05, 4.69) is 79.9 Å². The smallest absolute Gasteiger partial charge is 0.0966 e. The van der Waals surface area contributed by atoms with Crippen LogP contribution in [-0.2, 0) is 18.8 Å². The van der Waals surface area contributed by atoms with Crippen LogP contribution in [0.1, 0.15) is 11.6 Å². The largest absolute Gasteiger partial charge is 0.375 e. The van der Waals surface area contributed by atoms with Crippen LogP contribution in [0.4, 0.5) is 5.69 Å². The molecule has 3 aromatic heterocycles. The van der Waals surface area contributed by atoms with Crippen LogP contribution in [0.15, 0.2) is 67.4 Å². The first-order valence-electron chi connectivity index (χ1n) is 11.5. The molecule has 0 aliphatic carbocycles. The van der Waals surface area contributed by atoms with Crippen molar-refractivity contribution in [3.05, 3.63) is 72.9 Å². The first-order valence-corrected chi connectivity index (χ1v) is 11.5. The van der Waals surface area contributed by atoms with Gasteiger partial charge in [-0.05, 0) is 35.2 Å². The third-order valence-corrected chi connectivity index (χ3v) is 6.51. The third-order valence-electron chi connectivity index (χ3n) is 6.51. The van der Waals surface area contributed by atoms with Crippen molar-refractivity contribution in [3.8, 4) is 11.1 Å². The Morgan fingerprint density at radius 2 is 2.03 bits per heavy atom. The van der Waals surface area contributed by atoms with E-state index in [0.717, 1.165) is 46.5 Å². The molecule has 6 rings (SSSR count). The molecular weight excluding hydrogens is 426 g/mol. The van der Waals surface area contributed by atoms with E-state index in [9.17, 15) is 0 Å². The van der Waals surface area contributed by atoms with Gasteiger partial charge in [0.1, 0.15) is 0 Å². The second-order valence-corrected chi connectivity index (χ2v) is 8.83. The van der Waals surface area contributed by atoms with Gasteiger partial charge in [0, 0.05) is 74.3 Å². The quantitative estimate of drug-likeness (QED) is 0.423. The van der Waals surface area contributed by atoms with E-state index >= 15 is 0 Å². The maximum absolute atomic E-state index is 6.14. The number of nitrogens with zero attached hydrogens (tertiary/aromatic N) is 5. The van der Waals surface area contributed by atoms with E-state index in [4.69, 9.17) is 4.74 Å². The molecule has 172 valence electrons. The van der Waals surface area contributed by atoms with E-state index < -0.39 is 0 Å². The zero-order valence-corrected chi connectivity index (χ0v) is 19.3. The van der Waals surface area contributed by atoms with Crippen LogP contribution >= 0.6 is 0 Å². The first kappa shape index (κ1) is 20.8. The summed E-state index contributed by atoms with van der Waals surface area (Å²) in [6, 6.07) is 12.8. The predicted molar refractivity (Wildman–Crippen MR) is 134 cm³/mol. The van der Waals surface area contributed by atoms with Gasteiger partial charge in [-0.2, -0.15) is 5.10 Å². The number of nitrogens with one attached hydrogen (secondary N) is 2. The Labute approximate surface area is 197 Å². The molecule has 1 fully saturated rings. The van der Waals surface area contributed by atoms with Crippen LogP contribution in [0.2, 0.25) is 0 Å². The number of morpholine rings is 1. The molecule has 1 aliphatic heterocycles. The van der Waals surface area contributed by atoms with E-state index in [1.54, 1.807) is 12.4 Å². The lowest BCUT2D eigenvalue weighted by Gasteiger charge is -2.32. The fourth-order valence-electron chi connectivity index (χ4n) is 4.78. The summed E-state index contributed by atoms with van der Waals surface area (Å²) in [6.45, 7) is 2.33. The van der Waals surface area contributed by atoms with Crippen molar-refractivity contribution in [2.75, 3.05) is 25.0 Å². The summed E-state index contributed by atoms with van der Waals surface area (Å²) >= 11 is 0. The number of aromatic nitrogens is 5. The fraction of sp³-hybridized carbons (Fsp3) is 0.269. The summed E-state index contributed by atoms with van der Waals surface area (Å²) in [6.07, 6.45) is 9.50. The monoisotopic (exact) mass is 453 g/mol. The average Bonchev–Trinajstić information content (AvgIpc) is 3.47. The Morgan fingerprint density at radius 3 is 2.85 bits per heavy atom. The highest BCUT2D eigenvalue weighted by Gasteiger charge is 2.27. The number of rotatable bonds is 5. The molecule has 4 heterocycles. The Morgan fingerprint density at radius 1 is 1.12 bits per heavy atom. The molecule has 0 radical (unpaired) electrons. The SMILES string of the molecule is Cn1cc([C@@H](Nc2cc(-c3ccc4ccn(C)c4c3)c3nccnc3c2)C2CNCCO2)cn1. The highest BCUT2D eigenvalue weighted by Crippen LogP contribution is 2.34. The molecule has 2 N–H and O–H groups in total. The van der Waals surface area contributed by atoms with Gasteiger partial charge in [-0.25, -0.2) is 0 Å². The average molecular weight is 454 g/mol. The number of benzene rings is 2. The molecule has 5 aromatic rings. The fourth-order valence-corrected chi connectivity index (χ4v) is 4.78. The zero-order valence-electron chi connectivity index (χ0n) is 19.3. The molecule has 34 heavy (non-hydrogen) atoms. The number of ether oxygens (including phenoxy) is 1. The summed E-state index contributed by atoms with van der Waals surface area (Å²) in [4.78, 5) is 9.30. The molecule has 0 spiro atoms. The standard InChI is InChI=1S/C26H27N7O/c1-32-9-5-17-3-4-18(11-23(17)32)21-12-20(13-22-26(21)29-7-6-28-22)31-25(19-14-30-33(2)16-19)24-15-27-8-10-34-24/h3-7,9,11-14,16,24-25,27,31H,8,10,15H2,1-2H3/t24?,25-/m1/s1. The van der Waals surface area contributed by atoms with Crippen LogP contribution in [0.5, 0.6) is 0 Å². The van der Waals surface area contributed by atoms with Crippen LogP contribution in [-0.4, -0.2) is 50.1 Å². The molecule has 1 unspecified atom stereocenters. The highest BCUT2D eigenvalue weighted by atomic mass is 16.5. The number of anilines is 1. The van der Waals surface area contributed by atoms with Crippen LogP contribution in [0.25, 0.3) is 33.1 Å². The molecule has 0 bridgehead atoms. The molecule has 8 nitrogen and oxygen atoms in total. The normalized spacial score (nSPS) is 17.3. The molecule has 8 heteroatoms. The minimum atomic E-state index is -0.0566. The first-order chi connectivity index (χ1) is 16.7. The summed E-state index contributed by atoms with van der Waals surface area (Å²) in [5.74, 6) is 0. The van der Waals surface area contributed by atoms with Gasteiger partial charge < -0.3 is 19.9 Å². The van der Waals surface area contributed by atoms with Gasteiger partial charge in [0.05, 0.1) is 36.0 Å². The Hall–Kier alpha value is -3.75. The summed E-state index contributed by atoms with van der Waals surface area (Å²) in [7, 11) is 4.00. The third kappa shape index (κ3) is 3.81. The highest BCUT2D eigenvalue weighted by molar-refractivity contribution is 5.97. The molecule has 1 aliphatic rings. The topological polar surface area (TPSA) is 81.8 Å². The van der Waals surface area contributed by atoms with Gasteiger partial charge in [0.15, 0.2) is 0 Å².